The molecule has 1 aromatic rings. The summed E-state index contributed by atoms with van der Waals surface area (Å²) < 4.78 is 0. The summed E-state index contributed by atoms with van der Waals surface area (Å²) in [5.41, 5.74) is 1.43. The van der Waals surface area contributed by atoms with Crippen LogP contribution in [0.5, 0.6) is 0 Å². The van der Waals surface area contributed by atoms with Crippen molar-refractivity contribution in [1.82, 2.24) is 10.2 Å². The highest BCUT2D eigenvalue weighted by atomic mass is 15.2. The first kappa shape index (κ1) is 13.6. The van der Waals surface area contributed by atoms with Gasteiger partial charge in [0.15, 0.2) is 0 Å². The van der Waals surface area contributed by atoms with Crippen molar-refractivity contribution in [3.05, 3.63) is 35.9 Å². The van der Waals surface area contributed by atoms with Crippen molar-refractivity contribution >= 4 is 0 Å². The Balaban J connectivity index is 1.95. The summed E-state index contributed by atoms with van der Waals surface area (Å²) in [5, 5.41) is 3.65. The molecule has 0 saturated carbocycles. The Bertz CT molecular complexity index is 330. The molecule has 0 radical (unpaired) electrons. The number of rotatable bonds is 5. The molecule has 0 aromatic heterocycles. The Labute approximate surface area is 111 Å². The van der Waals surface area contributed by atoms with Gasteiger partial charge in [-0.3, -0.25) is 4.90 Å². The molecule has 0 aliphatic carbocycles. The number of likely N-dealkylation sites (N-methyl/N-ethyl adjacent to an activating group) is 1. The van der Waals surface area contributed by atoms with Crippen LogP contribution in [0, 0.1) is 0 Å². The number of nitrogens with one attached hydrogen (secondary N) is 1. The van der Waals surface area contributed by atoms with Gasteiger partial charge in [-0.05, 0) is 38.4 Å². The second kappa shape index (κ2) is 6.91. The summed E-state index contributed by atoms with van der Waals surface area (Å²) in [6.07, 6.45) is 4.06. The fourth-order valence-corrected chi connectivity index (χ4v) is 2.87. The fraction of sp³-hybridized carbons (Fsp3) is 0.625. The van der Waals surface area contributed by atoms with Crippen LogP contribution in [0.25, 0.3) is 0 Å². The van der Waals surface area contributed by atoms with Gasteiger partial charge in [-0.1, -0.05) is 43.7 Å². The summed E-state index contributed by atoms with van der Waals surface area (Å²) >= 11 is 0. The molecule has 2 rings (SSSR count). The lowest BCUT2D eigenvalue weighted by atomic mass is 10.0. The van der Waals surface area contributed by atoms with Crippen molar-refractivity contribution in [1.29, 1.82) is 0 Å². The molecule has 2 nitrogen and oxygen atoms in total. The molecule has 1 aromatic carbocycles. The average Bonchev–Trinajstić information content (AvgIpc) is 2.46. The van der Waals surface area contributed by atoms with Crippen LogP contribution in [0.2, 0.25) is 0 Å². The van der Waals surface area contributed by atoms with Gasteiger partial charge < -0.3 is 5.32 Å². The zero-order valence-electron chi connectivity index (χ0n) is 11.7. The minimum atomic E-state index is 0.514. The molecular weight excluding hydrogens is 220 g/mol. The lowest BCUT2D eigenvalue weighted by Crippen LogP contribution is -2.44. The zero-order valence-corrected chi connectivity index (χ0v) is 11.7. The normalized spacial score (nSPS) is 22.1. The monoisotopic (exact) mass is 246 g/mol. The molecular formula is C16H26N2. The van der Waals surface area contributed by atoms with Crippen LogP contribution in [0.15, 0.2) is 30.3 Å². The number of hydrogen-bond acceptors (Lipinski definition) is 2. The molecule has 2 unspecified atom stereocenters. The molecule has 0 amide bonds. The molecule has 1 heterocycles. The third-order valence-corrected chi connectivity index (χ3v) is 4.10. The topological polar surface area (TPSA) is 15.3 Å². The maximum Gasteiger partial charge on any atom is 0.0320 e. The van der Waals surface area contributed by atoms with Crippen LogP contribution in [-0.4, -0.2) is 30.6 Å². The predicted molar refractivity (Wildman–Crippen MR) is 77.7 cm³/mol. The van der Waals surface area contributed by atoms with Crippen LogP contribution in [0.3, 0.4) is 0 Å². The lowest BCUT2D eigenvalue weighted by molar-refractivity contribution is 0.184. The van der Waals surface area contributed by atoms with Crippen molar-refractivity contribution in [3.8, 4) is 0 Å². The maximum absolute atomic E-state index is 3.65. The Morgan fingerprint density at radius 1 is 1.28 bits per heavy atom. The Morgan fingerprint density at radius 2 is 2.06 bits per heavy atom. The van der Waals surface area contributed by atoms with E-state index in [2.05, 4.69) is 54.4 Å². The highest BCUT2D eigenvalue weighted by Gasteiger charge is 2.20. The SMILES string of the molecule is CCN(CC1CCCCN1)C(C)c1ccccc1. The molecule has 0 bridgehead atoms. The minimum Gasteiger partial charge on any atom is -0.313 e. The summed E-state index contributed by atoms with van der Waals surface area (Å²) in [6, 6.07) is 12.0. The number of piperidine rings is 1. The molecule has 2 heteroatoms. The Kier molecular flexibility index (Phi) is 5.21. The van der Waals surface area contributed by atoms with Gasteiger partial charge in [0.25, 0.3) is 0 Å². The summed E-state index contributed by atoms with van der Waals surface area (Å²) in [4.78, 5) is 2.58. The van der Waals surface area contributed by atoms with E-state index in [1.165, 1.54) is 37.9 Å². The van der Waals surface area contributed by atoms with E-state index < -0.39 is 0 Å². The Morgan fingerprint density at radius 3 is 2.67 bits per heavy atom. The number of benzene rings is 1. The quantitative estimate of drug-likeness (QED) is 0.858. The van der Waals surface area contributed by atoms with Gasteiger partial charge >= 0.3 is 0 Å². The highest BCUT2D eigenvalue weighted by molar-refractivity contribution is 5.18. The van der Waals surface area contributed by atoms with Gasteiger partial charge in [0.05, 0.1) is 0 Å². The first-order valence-electron chi connectivity index (χ1n) is 7.33. The minimum absolute atomic E-state index is 0.514. The molecule has 1 aliphatic rings. The molecule has 18 heavy (non-hydrogen) atoms. The van der Waals surface area contributed by atoms with Crippen molar-refractivity contribution in [2.75, 3.05) is 19.6 Å². The van der Waals surface area contributed by atoms with E-state index in [1.54, 1.807) is 0 Å². The van der Waals surface area contributed by atoms with Crippen LogP contribution in [0.4, 0.5) is 0 Å². The average molecular weight is 246 g/mol. The van der Waals surface area contributed by atoms with E-state index in [4.69, 9.17) is 0 Å². The zero-order chi connectivity index (χ0) is 12.8. The van der Waals surface area contributed by atoms with E-state index in [1.807, 2.05) is 0 Å². The third kappa shape index (κ3) is 3.56. The molecule has 1 saturated heterocycles. The standard InChI is InChI=1S/C16H26N2/c1-3-18(13-16-11-7-8-12-17-16)14(2)15-9-5-4-6-10-15/h4-6,9-10,14,16-17H,3,7-8,11-13H2,1-2H3. The second-order valence-electron chi connectivity index (χ2n) is 5.32. The number of hydrogen-bond donors (Lipinski definition) is 1. The van der Waals surface area contributed by atoms with E-state index >= 15 is 0 Å². The first-order chi connectivity index (χ1) is 8.81. The van der Waals surface area contributed by atoms with Crippen LogP contribution in [0.1, 0.15) is 44.7 Å². The number of nitrogens with zero attached hydrogens (tertiary/aromatic N) is 1. The molecule has 1 aliphatic heterocycles. The summed E-state index contributed by atoms with van der Waals surface area (Å²) in [5.74, 6) is 0. The van der Waals surface area contributed by atoms with Crippen molar-refractivity contribution in [3.63, 3.8) is 0 Å². The molecule has 2 atom stereocenters. The maximum atomic E-state index is 3.65. The van der Waals surface area contributed by atoms with Gasteiger partial charge in [-0.2, -0.15) is 0 Å². The van der Waals surface area contributed by atoms with Crippen molar-refractivity contribution in [2.45, 2.75) is 45.2 Å². The van der Waals surface area contributed by atoms with Crippen molar-refractivity contribution < 1.29 is 0 Å². The third-order valence-electron chi connectivity index (χ3n) is 4.10. The molecule has 100 valence electrons. The van der Waals surface area contributed by atoms with Gasteiger partial charge in [-0.15, -0.1) is 0 Å². The predicted octanol–water partition coefficient (Wildman–Crippen LogP) is 3.21. The first-order valence-corrected chi connectivity index (χ1v) is 7.33. The molecule has 0 spiro atoms. The lowest BCUT2D eigenvalue weighted by Gasteiger charge is -2.34. The van der Waals surface area contributed by atoms with Gasteiger partial charge in [-0.25, -0.2) is 0 Å². The molecule has 1 fully saturated rings. The largest absolute Gasteiger partial charge is 0.313 e. The van der Waals surface area contributed by atoms with E-state index in [0.29, 0.717) is 12.1 Å². The van der Waals surface area contributed by atoms with E-state index in [-0.39, 0.29) is 0 Å². The molecule has 1 N–H and O–H groups in total. The fourth-order valence-electron chi connectivity index (χ4n) is 2.87. The van der Waals surface area contributed by atoms with Gasteiger partial charge in [0.1, 0.15) is 0 Å². The smallest absolute Gasteiger partial charge is 0.0320 e. The van der Waals surface area contributed by atoms with Crippen LogP contribution < -0.4 is 5.32 Å². The van der Waals surface area contributed by atoms with E-state index in [9.17, 15) is 0 Å². The summed E-state index contributed by atoms with van der Waals surface area (Å²) in [6.45, 7) is 8.08. The van der Waals surface area contributed by atoms with Gasteiger partial charge in [0, 0.05) is 18.6 Å². The van der Waals surface area contributed by atoms with Crippen LogP contribution >= 0.6 is 0 Å². The van der Waals surface area contributed by atoms with Gasteiger partial charge in [0.2, 0.25) is 0 Å². The van der Waals surface area contributed by atoms with E-state index in [0.717, 1.165) is 6.54 Å². The highest BCUT2D eigenvalue weighted by Crippen LogP contribution is 2.21. The second-order valence-corrected chi connectivity index (χ2v) is 5.32. The Hall–Kier alpha value is -0.860. The van der Waals surface area contributed by atoms with Crippen molar-refractivity contribution in [2.24, 2.45) is 0 Å². The summed E-state index contributed by atoms with van der Waals surface area (Å²) in [7, 11) is 0. The van der Waals surface area contributed by atoms with Crippen LogP contribution in [-0.2, 0) is 0 Å².